The van der Waals surface area contributed by atoms with Crippen LogP contribution in [0.15, 0.2) is 240 Å². The molecule has 0 bridgehead atoms. The van der Waals surface area contributed by atoms with Gasteiger partial charge in [-0.1, -0.05) is 187 Å². The highest BCUT2D eigenvalue weighted by molar-refractivity contribution is 6.21. The van der Waals surface area contributed by atoms with Crippen molar-refractivity contribution in [3.8, 4) is 44.5 Å². The molecule has 0 saturated carbocycles. The van der Waals surface area contributed by atoms with Crippen molar-refractivity contribution < 1.29 is 57.9 Å². The van der Waals surface area contributed by atoms with Crippen molar-refractivity contribution in [2.75, 3.05) is 4.90 Å². The first-order valence-corrected chi connectivity index (χ1v) is 18.1. The minimum Gasteiger partial charge on any atom is -0.455 e. The summed E-state index contributed by atoms with van der Waals surface area (Å²) in [4.78, 5) is 0.264. The van der Waals surface area contributed by atoms with Crippen LogP contribution in [0.4, 0.5) is 17.1 Å². The average molecular weight is 829 g/mol. The molecular formula is C60H39NO. The molecule has 0 fully saturated rings. The fourth-order valence-electron chi connectivity index (χ4n) is 6.85. The van der Waals surface area contributed by atoms with E-state index in [1.54, 1.807) is 0 Å². The number of nitrogens with zero attached hydrogens (tertiary/aromatic N) is 1. The molecule has 1 aromatic heterocycles. The van der Waals surface area contributed by atoms with Gasteiger partial charge in [0.15, 0.2) is 0 Å². The smallest absolute Gasteiger partial charge is 0.145 e. The number of hydrogen-bond donors (Lipinski definition) is 0. The van der Waals surface area contributed by atoms with Crippen LogP contribution in [0, 0.1) is 0 Å². The molecule has 0 saturated heterocycles. The summed E-state index contributed by atoms with van der Waals surface area (Å²) >= 11 is 0. The number of furan rings is 1. The van der Waals surface area contributed by atoms with Crippen LogP contribution in [-0.4, -0.2) is 0 Å². The van der Waals surface area contributed by atoms with Gasteiger partial charge in [0.2, 0.25) is 0 Å². The Morgan fingerprint density at radius 2 is 0.887 bits per heavy atom. The van der Waals surface area contributed by atoms with Crippen LogP contribution < -0.4 is 4.90 Å². The van der Waals surface area contributed by atoms with Crippen LogP contribution in [0.5, 0.6) is 0 Å². The quantitative estimate of drug-likeness (QED) is 0.149. The van der Waals surface area contributed by atoms with E-state index < -0.39 is 351 Å². The second kappa shape index (κ2) is 14.8. The number of benzene rings is 11. The Bertz CT molecular complexity index is 5860. The second-order valence-electron chi connectivity index (χ2n) is 13.0. The molecule has 2 heteroatoms. The number of fused-ring (bicyclic) bond motifs is 7. The number of rotatable bonds is 7. The molecule has 0 spiro atoms. The molecule has 0 N–H and O–H groups in total. The summed E-state index contributed by atoms with van der Waals surface area (Å²) in [5.41, 5.74) is -13.8. The van der Waals surface area contributed by atoms with Crippen LogP contribution in [0.25, 0.3) is 98.8 Å². The van der Waals surface area contributed by atoms with Gasteiger partial charge in [0.25, 0.3) is 0 Å². The summed E-state index contributed by atoms with van der Waals surface area (Å²) in [5, 5.41) is -6.45. The van der Waals surface area contributed by atoms with E-state index in [-0.39, 0.29) is 4.90 Å². The normalized spacial score (nSPS) is 20.4. The van der Waals surface area contributed by atoms with Gasteiger partial charge in [0.05, 0.1) is 64.5 Å². The zero-order valence-corrected chi connectivity index (χ0v) is 30.9. The highest BCUT2D eigenvalue weighted by Gasteiger charge is 2.24. The zero-order chi connectivity index (χ0) is 74.9. The van der Waals surface area contributed by atoms with Crippen molar-refractivity contribution in [1.82, 2.24) is 0 Å². The Balaban J connectivity index is 1.34. The Morgan fingerprint density at radius 1 is 0.323 bits per heavy atom. The van der Waals surface area contributed by atoms with Crippen molar-refractivity contribution in [3.05, 3.63) is 236 Å². The summed E-state index contributed by atoms with van der Waals surface area (Å²) in [6.45, 7) is 0. The van der Waals surface area contributed by atoms with Crippen LogP contribution in [0.1, 0.15) is 53.5 Å². The molecule has 1 heterocycles. The Hall–Kier alpha value is -8.20. The van der Waals surface area contributed by atoms with E-state index in [1.807, 2.05) is 0 Å². The highest BCUT2D eigenvalue weighted by atomic mass is 16.3. The number of hydrogen-bond acceptors (Lipinski definition) is 2. The summed E-state index contributed by atoms with van der Waals surface area (Å²) in [5.74, 6) is 0. The maximum Gasteiger partial charge on any atom is 0.145 e. The van der Waals surface area contributed by atoms with Gasteiger partial charge >= 0.3 is 0 Å². The molecule has 0 amide bonds. The summed E-state index contributed by atoms with van der Waals surface area (Å²) < 4.78 is 365. The third kappa shape index (κ3) is 6.04. The number of para-hydroxylation sites is 1. The zero-order valence-electron chi connectivity index (χ0n) is 69.9. The van der Waals surface area contributed by atoms with Gasteiger partial charge in [-0.15, -0.1) is 0 Å². The third-order valence-electron chi connectivity index (χ3n) is 9.56. The first kappa shape index (κ1) is 13.9. The summed E-state index contributed by atoms with van der Waals surface area (Å²) in [6, 6.07) is -44.1. The number of anilines is 3. The lowest BCUT2D eigenvalue weighted by molar-refractivity contribution is 0.670. The Kier molecular flexibility index (Phi) is 3.33. The largest absolute Gasteiger partial charge is 0.455 e. The van der Waals surface area contributed by atoms with Gasteiger partial charge in [-0.25, -0.2) is 0 Å². The topological polar surface area (TPSA) is 16.4 Å². The third-order valence-corrected chi connectivity index (χ3v) is 9.56. The highest BCUT2D eigenvalue weighted by Crippen LogP contribution is 2.48. The van der Waals surface area contributed by atoms with E-state index in [4.69, 9.17) is 33.2 Å². The maximum atomic E-state index is 10.4. The van der Waals surface area contributed by atoms with Crippen LogP contribution in [0.2, 0.25) is 0 Å². The molecular weight excluding hydrogens is 751 g/mol. The minimum atomic E-state index is -1.47. The van der Waals surface area contributed by atoms with Gasteiger partial charge in [0.1, 0.15) is 11.2 Å². The molecule has 2 nitrogen and oxygen atoms in total. The fourth-order valence-corrected chi connectivity index (χ4v) is 6.85. The molecule has 0 radical (unpaired) electrons. The maximum absolute atomic E-state index is 10.4. The van der Waals surface area contributed by atoms with Crippen LogP contribution in [-0.2, 0) is 0 Å². The molecule has 290 valence electrons. The lowest BCUT2D eigenvalue weighted by Crippen LogP contribution is -2.10. The van der Waals surface area contributed by atoms with Crippen molar-refractivity contribution in [2.24, 2.45) is 0 Å². The predicted octanol–water partition coefficient (Wildman–Crippen LogP) is 17.2. The summed E-state index contributed by atoms with van der Waals surface area (Å²) in [6.07, 6.45) is 0. The van der Waals surface area contributed by atoms with E-state index in [0.717, 1.165) is 0 Å². The van der Waals surface area contributed by atoms with Gasteiger partial charge in [-0.3, -0.25) is 0 Å². The van der Waals surface area contributed by atoms with E-state index in [9.17, 15) is 24.7 Å². The predicted molar refractivity (Wildman–Crippen MR) is 263 cm³/mol. The van der Waals surface area contributed by atoms with Gasteiger partial charge in [0, 0.05) is 22.3 Å². The van der Waals surface area contributed by atoms with Crippen molar-refractivity contribution in [1.29, 1.82) is 0 Å². The van der Waals surface area contributed by atoms with E-state index in [0.29, 0.717) is 0 Å². The molecule has 12 aromatic rings. The molecule has 0 aliphatic carbocycles. The molecule has 0 unspecified atom stereocenters. The average Bonchev–Trinajstić information content (AvgIpc) is 1.68. The van der Waals surface area contributed by atoms with Crippen molar-refractivity contribution in [3.63, 3.8) is 0 Å². The standard InChI is InChI=1S/C60H39NO/c1-2-14-40(15-3-1)41-28-30-42(31-29-41)43-32-34-47(35-33-43)61(48-20-12-19-45(38-48)50-26-13-18-44-16-4-6-21-49(44)50)57-37-36-54(60-59(57)55-25-10-11-27-58(55)62-60)56-39-46-17-5-7-22-51(46)52-23-8-9-24-53(52)56/h1-39H/i1D,2D,3D,4D,5D,6D,7D,8D,9D,10D,11D,12D,13D,14D,15D,16D,17D,18D,19D,20D,21D,22D,23D,24D,25D,26D,27D,28D,29D,30D,31D,32D,33D,34D,35D,36D,37D,38D,39D. The van der Waals surface area contributed by atoms with E-state index >= 15 is 0 Å². The SMILES string of the molecule is [2H]c1c([2H])c([2H])c(-c2c([2H])c([2H])c(-c3c([2H])c([2H])c(N(c4c([2H])c([2H])c([2H])c(-c5c([2H])c([2H])c([2H])c6c([2H])c([2H])c([2H])c([2H])c56)c4[2H])c4c([2H])c([2H])c(-c5c([2H])c6c([2H])c([2H])c([2H])c([2H])c6c6c([2H])c([2H])c([2H])c([2H])c56)c5oc6c([2H])c([2H])c([2H])c([2H])c6c45)c([2H])c3[2H])c([2H])c2[2H])c([2H])c1[2H]. The lowest BCUT2D eigenvalue weighted by atomic mass is 9.92. The summed E-state index contributed by atoms with van der Waals surface area (Å²) in [7, 11) is 0. The minimum absolute atomic E-state index is 0.264. The van der Waals surface area contributed by atoms with Crippen LogP contribution in [0.3, 0.4) is 0 Å². The molecule has 11 aromatic carbocycles. The molecule has 0 aliphatic rings. The second-order valence-corrected chi connectivity index (χ2v) is 13.0. The Labute approximate surface area is 415 Å². The van der Waals surface area contributed by atoms with Crippen LogP contribution >= 0.6 is 0 Å². The Morgan fingerprint density at radius 3 is 1.66 bits per heavy atom. The van der Waals surface area contributed by atoms with E-state index in [2.05, 4.69) is 0 Å². The van der Waals surface area contributed by atoms with Crippen molar-refractivity contribution in [2.45, 2.75) is 0 Å². The van der Waals surface area contributed by atoms with Gasteiger partial charge in [-0.05, 0) is 120 Å². The first-order valence-electron chi connectivity index (χ1n) is 37.6. The molecule has 62 heavy (non-hydrogen) atoms. The van der Waals surface area contributed by atoms with Gasteiger partial charge < -0.3 is 9.32 Å². The molecule has 0 aliphatic heterocycles. The molecule has 0 atom stereocenters. The molecule has 12 rings (SSSR count). The lowest BCUT2D eigenvalue weighted by Gasteiger charge is -2.27. The first-order chi connectivity index (χ1) is 47.0. The van der Waals surface area contributed by atoms with Crippen molar-refractivity contribution >= 4 is 71.3 Å². The van der Waals surface area contributed by atoms with E-state index in [1.165, 1.54) is 0 Å². The van der Waals surface area contributed by atoms with Gasteiger partial charge in [-0.2, -0.15) is 0 Å². The monoisotopic (exact) mass is 829 g/mol. The fraction of sp³-hybridized carbons (Fsp3) is 0.